The molecule has 2 N–H and O–H groups in total. The number of hydrogen-bond acceptors (Lipinski definition) is 9. The first-order valence-corrected chi connectivity index (χ1v) is 14.3. The molecule has 12 heteroatoms. The van der Waals surface area contributed by atoms with E-state index >= 15 is 0 Å². The average Bonchev–Trinajstić information content (AvgIpc) is 3.63. The number of nitrogens with one attached hydrogen (secondary N) is 2. The van der Waals surface area contributed by atoms with Crippen molar-refractivity contribution in [1.29, 1.82) is 0 Å². The maximum Gasteiger partial charge on any atom is 0.573 e. The van der Waals surface area contributed by atoms with Crippen LogP contribution in [-0.2, 0) is 0 Å². The summed E-state index contributed by atoms with van der Waals surface area (Å²) in [4.78, 5) is 6.81. The summed E-state index contributed by atoms with van der Waals surface area (Å²) in [5, 5.41) is 15.4. The fourth-order valence-corrected chi connectivity index (χ4v) is 5.84. The van der Waals surface area contributed by atoms with E-state index in [9.17, 15) is 13.2 Å². The summed E-state index contributed by atoms with van der Waals surface area (Å²) >= 11 is 0. The van der Waals surface area contributed by atoms with Crippen LogP contribution in [0.3, 0.4) is 0 Å². The number of aromatic nitrogens is 3. The lowest BCUT2D eigenvalue weighted by molar-refractivity contribution is -0.274. The van der Waals surface area contributed by atoms with Crippen molar-refractivity contribution in [2.24, 2.45) is 0 Å². The Balaban J connectivity index is 1.06. The molecule has 1 saturated carbocycles. The van der Waals surface area contributed by atoms with Crippen LogP contribution in [0, 0.1) is 6.92 Å². The predicted molar refractivity (Wildman–Crippen MR) is 151 cm³/mol. The standard InChI is InChI=1S/C30H33F3N6O3/c1-19-37-38-28(40-19)21-8-12-23(13-9-21)39-16-4-5-22(18-39)35-25-6-2-3-7-26(25)36-29-34-17-27(41-29)20-10-14-24(15-11-20)42-30(31,32)33/h8-15,17,22,25-26,35H,2-7,16,18H2,1H3,(H,34,36). The van der Waals surface area contributed by atoms with Crippen molar-refractivity contribution >= 4 is 11.7 Å². The van der Waals surface area contributed by atoms with Gasteiger partial charge in [0.25, 0.3) is 6.01 Å². The monoisotopic (exact) mass is 582 g/mol. The van der Waals surface area contributed by atoms with Crippen LogP contribution in [-0.4, -0.2) is 52.8 Å². The van der Waals surface area contributed by atoms with Crippen molar-refractivity contribution < 1.29 is 26.7 Å². The summed E-state index contributed by atoms with van der Waals surface area (Å²) in [6.45, 7) is 3.70. The number of aryl methyl sites for hydroxylation is 1. The molecule has 3 unspecified atom stereocenters. The second kappa shape index (κ2) is 12.0. The number of rotatable bonds is 8. The van der Waals surface area contributed by atoms with Gasteiger partial charge in [-0.2, -0.15) is 0 Å². The molecular weight excluding hydrogens is 549 g/mol. The normalized spacial score (nSPS) is 21.3. The number of alkyl halides is 3. The molecular formula is C30H33F3N6O3. The minimum atomic E-state index is -4.73. The molecule has 2 aromatic heterocycles. The summed E-state index contributed by atoms with van der Waals surface area (Å²) in [6, 6.07) is 15.0. The SMILES string of the molecule is Cc1nnc(-c2ccc(N3CCCC(NC4CCCCC4Nc4ncc(-c5ccc(OC(F)(F)F)cc5)o4)C3)cc2)o1. The highest BCUT2D eigenvalue weighted by Gasteiger charge is 2.32. The van der Waals surface area contributed by atoms with Gasteiger partial charge in [0.05, 0.1) is 6.20 Å². The van der Waals surface area contributed by atoms with Crippen molar-refractivity contribution in [3.05, 3.63) is 60.6 Å². The van der Waals surface area contributed by atoms with Crippen LogP contribution in [0.25, 0.3) is 22.8 Å². The molecule has 1 saturated heterocycles. The van der Waals surface area contributed by atoms with Crippen LogP contribution < -0.4 is 20.3 Å². The molecule has 1 aliphatic heterocycles. The zero-order chi connectivity index (χ0) is 29.1. The van der Waals surface area contributed by atoms with E-state index in [4.69, 9.17) is 8.83 Å². The molecule has 1 aliphatic carbocycles. The van der Waals surface area contributed by atoms with Crippen LogP contribution in [0.4, 0.5) is 24.9 Å². The summed E-state index contributed by atoms with van der Waals surface area (Å²) in [5.74, 6) is 1.27. The van der Waals surface area contributed by atoms with Gasteiger partial charge in [-0.25, -0.2) is 4.98 Å². The van der Waals surface area contributed by atoms with E-state index < -0.39 is 6.36 Å². The maximum absolute atomic E-state index is 12.5. The molecule has 2 aromatic carbocycles. The Labute approximate surface area is 241 Å². The third-order valence-corrected chi connectivity index (χ3v) is 7.83. The van der Waals surface area contributed by atoms with Gasteiger partial charge in [-0.05, 0) is 74.2 Å². The lowest BCUT2D eigenvalue weighted by Crippen LogP contribution is -2.54. The zero-order valence-corrected chi connectivity index (χ0v) is 23.2. The van der Waals surface area contributed by atoms with Gasteiger partial charge in [0.2, 0.25) is 11.8 Å². The van der Waals surface area contributed by atoms with Crippen molar-refractivity contribution in [2.45, 2.75) is 69.9 Å². The second-order valence-corrected chi connectivity index (χ2v) is 10.9. The number of benzene rings is 2. The highest BCUT2D eigenvalue weighted by atomic mass is 19.4. The van der Waals surface area contributed by atoms with Gasteiger partial charge in [-0.3, -0.25) is 0 Å². The first-order valence-electron chi connectivity index (χ1n) is 14.3. The third-order valence-electron chi connectivity index (χ3n) is 7.83. The van der Waals surface area contributed by atoms with Crippen molar-refractivity contribution in [1.82, 2.24) is 20.5 Å². The van der Waals surface area contributed by atoms with Crippen LogP contribution in [0.2, 0.25) is 0 Å². The first kappa shape index (κ1) is 28.1. The molecule has 3 atom stereocenters. The average molecular weight is 583 g/mol. The van der Waals surface area contributed by atoms with Crippen LogP contribution in [0.15, 0.2) is 63.6 Å². The van der Waals surface area contributed by atoms with Crippen LogP contribution in [0.1, 0.15) is 44.4 Å². The van der Waals surface area contributed by atoms with E-state index in [0.29, 0.717) is 35.2 Å². The van der Waals surface area contributed by atoms with Crippen molar-refractivity contribution in [2.75, 3.05) is 23.3 Å². The lowest BCUT2D eigenvalue weighted by atomic mass is 9.89. The molecule has 0 bridgehead atoms. The number of nitrogens with zero attached hydrogens (tertiary/aromatic N) is 4. The highest BCUT2D eigenvalue weighted by molar-refractivity contribution is 5.60. The Hall–Kier alpha value is -4.06. The predicted octanol–water partition coefficient (Wildman–Crippen LogP) is 6.58. The van der Waals surface area contributed by atoms with Crippen molar-refractivity contribution in [3.63, 3.8) is 0 Å². The molecule has 42 heavy (non-hydrogen) atoms. The topological polar surface area (TPSA) is 101 Å². The summed E-state index contributed by atoms with van der Waals surface area (Å²) in [5.41, 5.74) is 2.69. The zero-order valence-electron chi connectivity index (χ0n) is 23.2. The molecule has 0 radical (unpaired) electrons. The van der Waals surface area contributed by atoms with E-state index in [1.807, 2.05) is 12.1 Å². The summed E-state index contributed by atoms with van der Waals surface area (Å²) in [6.07, 6.45) is 3.38. The molecule has 222 valence electrons. The van der Waals surface area contributed by atoms with Gasteiger partial charge in [0, 0.05) is 55.0 Å². The third kappa shape index (κ3) is 6.87. The molecule has 9 nitrogen and oxygen atoms in total. The van der Waals surface area contributed by atoms with E-state index in [-0.39, 0.29) is 17.8 Å². The minimum absolute atomic E-state index is 0.153. The number of piperidine rings is 1. The fourth-order valence-electron chi connectivity index (χ4n) is 5.84. The molecule has 3 heterocycles. The Morgan fingerprint density at radius 2 is 1.62 bits per heavy atom. The summed E-state index contributed by atoms with van der Waals surface area (Å²) < 4.78 is 52.8. The van der Waals surface area contributed by atoms with Gasteiger partial charge in [0.1, 0.15) is 5.75 Å². The number of anilines is 2. The molecule has 2 fully saturated rings. The van der Waals surface area contributed by atoms with E-state index in [0.717, 1.165) is 57.2 Å². The number of halogens is 3. The maximum atomic E-state index is 12.5. The Morgan fingerprint density at radius 3 is 2.33 bits per heavy atom. The Morgan fingerprint density at radius 1 is 0.881 bits per heavy atom. The van der Waals surface area contributed by atoms with Crippen LogP contribution >= 0.6 is 0 Å². The van der Waals surface area contributed by atoms with E-state index in [1.165, 1.54) is 30.0 Å². The quantitative estimate of drug-likeness (QED) is 0.239. The second-order valence-electron chi connectivity index (χ2n) is 10.9. The van der Waals surface area contributed by atoms with Gasteiger partial charge < -0.3 is 29.1 Å². The summed E-state index contributed by atoms with van der Waals surface area (Å²) in [7, 11) is 0. The fraction of sp³-hybridized carbons (Fsp3) is 0.433. The molecule has 0 amide bonds. The van der Waals surface area contributed by atoms with Gasteiger partial charge in [-0.15, -0.1) is 23.4 Å². The minimum Gasteiger partial charge on any atom is -0.424 e. The van der Waals surface area contributed by atoms with Crippen molar-refractivity contribution in [3.8, 4) is 28.5 Å². The Kier molecular flexibility index (Phi) is 8.05. The van der Waals surface area contributed by atoms with Gasteiger partial charge in [0.15, 0.2) is 5.76 Å². The molecule has 6 rings (SSSR count). The number of hydrogen-bond donors (Lipinski definition) is 2. The van der Waals surface area contributed by atoms with E-state index in [1.54, 1.807) is 13.1 Å². The number of ether oxygens (including phenoxy) is 1. The van der Waals surface area contributed by atoms with Crippen LogP contribution in [0.5, 0.6) is 5.75 Å². The molecule has 2 aliphatic rings. The molecule has 4 aromatic rings. The molecule has 0 spiro atoms. The van der Waals surface area contributed by atoms with E-state index in [2.05, 4.69) is 47.6 Å². The first-order chi connectivity index (χ1) is 20.3. The smallest absolute Gasteiger partial charge is 0.424 e. The number of oxazole rings is 1. The van der Waals surface area contributed by atoms with Gasteiger partial charge in [-0.1, -0.05) is 12.8 Å². The Bertz CT molecular complexity index is 1450. The highest BCUT2D eigenvalue weighted by Crippen LogP contribution is 2.30. The largest absolute Gasteiger partial charge is 0.573 e. The lowest BCUT2D eigenvalue weighted by Gasteiger charge is -2.40. The van der Waals surface area contributed by atoms with Gasteiger partial charge >= 0.3 is 6.36 Å².